The average Bonchev–Trinajstić information content (AvgIpc) is 2.71. The number of aryl methyl sites for hydroxylation is 1. The number of halogens is 3. The third kappa shape index (κ3) is 4.37. The van der Waals surface area contributed by atoms with Crippen LogP contribution in [-0.2, 0) is 12.7 Å². The lowest BCUT2D eigenvalue weighted by molar-refractivity contribution is -0.137. The SMILES string of the molecule is CC(C)NC(C#N)CCn1cc(C(F)(F)F)cn1. The van der Waals surface area contributed by atoms with Gasteiger partial charge in [-0.2, -0.15) is 23.5 Å². The van der Waals surface area contributed by atoms with Crippen LogP contribution in [0.1, 0.15) is 25.8 Å². The minimum Gasteiger partial charge on any atom is -0.300 e. The van der Waals surface area contributed by atoms with E-state index >= 15 is 0 Å². The first-order chi connectivity index (χ1) is 8.32. The fourth-order valence-electron chi connectivity index (χ4n) is 1.48. The highest BCUT2D eigenvalue weighted by Crippen LogP contribution is 2.28. The molecule has 0 radical (unpaired) electrons. The van der Waals surface area contributed by atoms with Crippen LogP contribution >= 0.6 is 0 Å². The molecular weight excluding hydrogens is 245 g/mol. The van der Waals surface area contributed by atoms with Crippen LogP contribution in [0, 0.1) is 11.3 Å². The Kier molecular flexibility index (Phi) is 4.73. The largest absolute Gasteiger partial charge is 0.419 e. The standard InChI is InChI=1S/C11H15F3N4/c1-8(2)17-10(5-15)3-4-18-7-9(6-16-18)11(12,13)14/h6-8,10,17H,3-4H2,1-2H3. The zero-order chi connectivity index (χ0) is 13.8. The smallest absolute Gasteiger partial charge is 0.300 e. The molecule has 0 bridgehead atoms. The van der Waals surface area contributed by atoms with Crippen molar-refractivity contribution in [1.29, 1.82) is 5.26 Å². The molecule has 0 fully saturated rings. The molecule has 1 heterocycles. The molecule has 1 unspecified atom stereocenters. The number of hydrogen-bond donors (Lipinski definition) is 1. The van der Waals surface area contributed by atoms with E-state index in [0.717, 1.165) is 12.4 Å². The summed E-state index contributed by atoms with van der Waals surface area (Å²) in [6, 6.07) is 1.83. The summed E-state index contributed by atoms with van der Waals surface area (Å²) in [5.41, 5.74) is -0.771. The molecule has 0 saturated carbocycles. The van der Waals surface area contributed by atoms with Gasteiger partial charge in [-0.25, -0.2) is 0 Å². The van der Waals surface area contributed by atoms with Crippen molar-refractivity contribution in [3.05, 3.63) is 18.0 Å². The third-order valence-electron chi connectivity index (χ3n) is 2.30. The lowest BCUT2D eigenvalue weighted by Crippen LogP contribution is -2.34. The minimum absolute atomic E-state index is 0.151. The summed E-state index contributed by atoms with van der Waals surface area (Å²) in [6.07, 6.45) is -2.22. The zero-order valence-electron chi connectivity index (χ0n) is 10.2. The molecule has 4 nitrogen and oxygen atoms in total. The van der Waals surface area contributed by atoms with Crippen LogP contribution in [0.2, 0.25) is 0 Å². The number of nitrogens with zero attached hydrogens (tertiary/aromatic N) is 3. The van der Waals surface area contributed by atoms with E-state index in [4.69, 9.17) is 5.26 Å². The zero-order valence-corrected chi connectivity index (χ0v) is 10.2. The summed E-state index contributed by atoms with van der Waals surface area (Å²) < 4.78 is 38.2. The van der Waals surface area contributed by atoms with Gasteiger partial charge in [0.1, 0.15) is 0 Å². The molecule has 18 heavy (non-hydrogen) atoms. The molecular formula is C11H15F3N4. The third-order valence-corrected chi connectivity index (χ3v) is 2.30. The molecule has 1 atom stereocenters. The van der Waals surface area contributed by atoms with Crippen molar-refractivity contribution < 1.29 is 13.2 Å². The Balaban J connectivity index is 2.53. The number of nitriles is 1. The molecule has 0 aliphatic rings. The predicted octanol–water partition coefficient (Wildman–Crippen LogP) is 2.18. The monoisotopic (exact) mass is 260 g/mol. The van der Waals surface area contributed by atoms with E-state index < -0.39 is 11.7 Å². The number of aromatic nitrogens is 2. The van der Waals surface area contributed by atoms with E-state index in [9.17, 15) is 13.2 Å². The molecule has 0 aliphatic carbocycles. The highest BCUT2D eigenvalue weighted by atomic mass is 19.4. The Hall–Kier alpha value is -1.55. The van der Waals surface area contributed by atoms with Gasteiger partial charge in [0.15, 0.2) is 0 Å². The van der Waals surface area contributed by atoms with Gasteiger partial charge in [0, 0.05) is 18.8 Å². The molecule has 1 N–H and O–H groups in total. The highest BCUT2D eigenvalue weighted by molar-refractivity contribution is 5.08. The van der Waals surface area contributed by atoms with Crippen LogP contribution in [0.5, 0.6) is 0 Å². The summed E-state index contributed by atoms with van der Waals surface area (Å²) in [4.78, 5) is 0. The summed E-state index contributed by atoms with van der Waals surface area (Å²) in [5, 5.41) is 15.5. The fourth-order valence-corrected chi connectivity index (χ4v) is 1.48. The summed E-state index contributed by atoms with van der Waals surface area (Å²) in [7, 11) is 0. The fraction of sp³-hybridized carbons (Fsp3) is 0.636. The van der Waals surface area contributed by atoms with Crippen molar-refractivity contribution in [2.75, 3.05) is 0 Å². The average molecular weight is 260 g/mol. The van der Waals surface area contributed by atoms with E-state index in [1.807, 2.05) is 13.8 Å². The van der Waals surface area contributed by atoms with Crippen LogP contribution in [0.15, 0.2) is 12.4 Å². The van der Waals surface area contributed by atoms with Crippen LogP contribution in [-0.4, -0.2) is 21.9 Å². The second kappa shape index (κ2) is 5.87. The van der Waals surface area contributed by atoms with Crippen LogP contribution < -0.4 is 5.32 Å². The van der Waals surface area contributed by atoms with Crippen molar-refractivity contribution in [2.45, 2.75) is 45.1 Å². The van der Waals surface area contributed by atoms with Gasteiger partial charge in [0.2, 0.25) is 0 Å². The van der Waals surface area contributed by atoms with Gasteiger partial charge in [0.25, 0.3) is 0 Å². The van der Waals surface area contributed by atoms with Crippen LogP contribution in [0.4, 0.5) is 13.2 Å². The molecule has 1 aromatic rings. The molecule has 7 heteroatoms. The van der Waals surface area contributed by atoms with Gasteiger partial charge in [0.05, 0.1) is 23.9 Å². The Bertz CT molecular complexity index is 417. The van der Waals surface area contributed by atoms with Gasteiger partial charge in [-0.1, -0.05) is 0 Å². The van der Waals surface area contributed by atoms with Crippen molar-refractivity contribution >= 4 is 0 Å². The van der Waals surface area contributed by atoms with E-state index in [1.54, 1.807) is 0 Å². The van der Waals surface area contributed by atoms with Crippen molar-refractivity contribution in [2.24, 2.45) is 0 Å². The Morgan fingerprint density at radius 2 is 2.17 bits per heavy atom. The van der Waals surface area contributed by atoms with Gasteiger partial charge >= 0.3 is 6.18 Å². The van der Waals surface area contributed by atoms with E-state index in [2.05, 4.69) is 16.5 Å². The quantitative estimate of drug-likeness (QED) is 0.882. The number of nitrogens with one attached hydrogen (secondary N) is 1. The molecule has 0 aliphatic heterocycles. The first-order valence-corrected chi connectivity index (χ1v) is 5.58. The Morgan fingerprint density at radius 1 is 1.50 bits per heavy atom. The summed E-state index contributed by atoms with van der Waals surface area (Å²) in [5.74, 6) is 0. The van der Waals surface area contributed by atoms with Crippen molar-refractivity contribution in [3.63, 3.8) is 0 Å². The van der Waals surface area contributed by atoms with Crippen LogP contribution in [0.25, 0.3) is 0 Å². The highest BCUT2D eigenvalue weighted by Gasteiger charge is 2.32. The molecule has 1 aromatic heterocycles. The van der Waals surface area contributed by atoms with Gasteiger partial charge < -0.3 is 0 Å². The lowest BCUT2D eigenvalue weighted by atomic mass is 10.2. The topological polar surface area (TPSA) is 53.6 Å². The lowest BCUT2D eigenvalue weighted by Gasteiger charge is -2.14. The number of rotatable bonds is 5. The van der Waals surface area contributed by atoms with E-state index in [-0.39, 0.29) is 18.6 Å². The molecule has 1 rings (SSSR count). The van der Waals surface area contributed by atoms with Gasteiger partial charge in [-0.15, -0.1) is 0 Å². The van der Waals surface area contributed by atoms with Gasteiger partial charge in [-0.05, 0) is 20.3 Å². The number of hydrogen-bond acceptors (Lipinski definition) is 3. The first kappa shape index (κ1) is 14.5. The van der Waals surface area contributed by atoms with E-state index in [0.29, 0.717) is 6.42 Å². The molecule has 0 spiro atoms. The Labute approximate surface area is 103 Å². The Morgan fingerprint density at radius 3 is 2.61 bits per heavy atom. The second-order valence-electron chi connectivity index (χ2n) is 4.28. The van der Waals surface area contributed by atoms with E-state index in [1.165, 1.54) is 4.68 Å². The first-order valence-electron chi connectivity index (χ1n) is 5.58. The molecule has 0 aromatic carbocycles. The second-order valence-corrected chi connectivity index (χ2v) is 4.28. The minimum atomic E-state index is -4.37. The van der Waals surface area contributed by atoms with Crippen molar-refractivity contribution in [3.8, 4) is 6.07 Å². The summed E-state index contributed by atoms with van der Waals surface area (Å²) in [6.45, 7) is 4.08. The molecule has 0 amide bonds. The molecule has 100 valence electrons. The van der Waals surface area contributed by atoms with Crippen LogP contribution in [0.3, 0.4) is 0 Å². The number of alkyl halides is 3. The maximum Gasteiger partial charge on any atom is 0.419 e. The van der Waals surface area contributed by atoms with Gasteiger partial charge in [-0.3, -0.25) is 10.00 Å². The maximum atomic E-state index is 12.3. The normalized spacial score (nSPS) is 13.6. The summed E-state index contributed by atoms with van der Waals surface area (Å²) >= 11 is 0. The molecule has 0 saturated heterocycles. The van der Waals surface area contributed by atoms with Crippen molar-refractivity contribution in [1.82, 2.24) is 15.1 Å². The maximum absolute atomic E-state index is 12.3. The predicted molar refractivity (Wildman–Crippen MR) is 59.5 cm³/mol.